The van der Waals surface area contributed by atoms with Crippen molar-refractivity contribution in [1.82, 2.24) is 14.7 Å². The van der Waals surface area contributed by atoms with E-state index < -0.39 is 0 Å². The number of aromatic nitrogens is 2. The Morgan fingerprint density at radius 1 is 1.50 bits per heavy atom. The van der Waals surface area contributed by atoms with Crippen molar-refractivity contribution in [3.05, 3.63) is 17.5 Å². The summed E-state index contributed by atoms with van der Waals surface area (Å²) in [6.07, 6.45) is 4.70. The van der Waals surface area contributed by atoms with Gasteiger partial charge in [-0.05, 0) is 52.9 Å². The van der Waals surface area contributed by atoms with Gasteiger partial charge in [0.15, 0.2) is 0 Å². The number of nitrogens with zero attached hydrogens (tertiary/aromatic N) is 3. The molecule has 0 radical (unpaired) electrons. The standard InChI is InChI=1S/C17H30N4O/c1-6-15-14(10-19-21(15)17(3,4)5)16(22)20-9-7-8-13(11-20)12(2)18/h10,12-13H,6-9,11,18H2,1-5H3/t12-,13+/m0/s1. The Morgan fingerprint density at radius 3 is 2.73 bits per heavy atom. The summed E-state index contributed by atoms with van der Waals surface area (Å²) in [5.41, 5.74) is 7.70. The smallest absolute Gasteiger partial charge is 0.257 e. The highest BCUT2D eigenvalue weighted by Crippen LogP contribution is 2.24. The lowest BCUT2D eigenvalue weighted by molar-refractivity contribution is 0.0659. The second kappa shape index (κ2) is 6.41. The molecule has 22 heavy (non-hydrogen) atoms. The number of carbonyl (C=O) groups is 1. The fourth-order valence-corrected chi connectivity index (χ4v) is 3.26. The first-order valence-electron chi connectivity index (χ1n) is 8.38. The summed E-state index contributed by atoms with van der Waals surface area (Å²) >= 11 is 0. The van der Waals surface area contributed by atoms with Crippen LogP contribution in [0.2, 0.25) is 0 Å². The van der Waals surface area contributed by atoms with Gasteiger partial charge in [-0.2, -0.15) is 5.10 Å². The van der Waals surface area contributed by atoms with Gasteiger partial charge < -0.3 is 10.6 Å². The summed E-state index contributed by atoms with van der Waals surface area (Å²) in [6, 6.07) is 0.138. The molecule has 1 fully saturated rings. The number of carbonyl (C=O) groups excluding carboxylic acids is 1. The Balaban J connectivity index is 2.24. The molecule has 0 spiro atoms. The Labute approximate surface area is 133 Å². The number of amides is 1. The Morgan fingerprint density at radius 2 is 2.18 bits per heavy atom. The maximum Gasteiger partial charge on any atom is 0.257 e. The van der Waals surface area contributed by atoms with E-state index in [-0.39, 0.29) is 17.5 Å². The van der Waals surface area contributed by atoms with Crippen LogP contribution in [0.15, 0.2) is 6.20 Å². The van der Waals surface area contributed by atoms with Gasteiger partial charge in [0.25, 0.3) is 5.91 Å². The zero-order valence-electron chi connectivity index (χ0n) is 14.6. The molecule has 124 valence electrons. The average molecular weight is 306 g/mol. The summed E-state index contributed by atoms with van der Waals surface area (Å²) in [5, 5.41) is 4.47. The minimum atomic E-state index is -0.111. The number of hydrogen-bond donors (Lipinski definition) is 1. The fraction of sp³-hybridized carbons (Fsp3) is 0.765. The zero-order chi connectivity index (χ0) is 16.5. The number of nitrogens with two attached hydrogens (primary N) is 1. The molecule has 2 rings (SSSR count). The van der Waals surface area contributed by atoms with Crippen molar-refractivity contribution in [3.63, 3.8) is 0 Å². The molecule has 1 aromatic rings. The van der Waals surface area contributed by atoms with Gasteiger partial charge in [-0.15, -0.1) is 0 Å². The van der Waals surface area contributed by atoms with Crippen LogP contribution in [0.25, 0.3) is 0 Å². The van der Waals surface area contributed by atoms with Crippen LogP contribution in [0.3, 0.4) is 0 Å². The molecule has 2 atom stereocenters. The van der Waals surface area contributed by atoms with E-state index in [4.69, 9.17) is 5.73 Å². The first-order chi connectivity index (χ1) is 10.3. The average Bonchev–Trinajstić information content (AvgIpc) is 2.90. The van der Waals surface area contributed by atoms with Crippen molar-refractivity contribution in [2.75, 3.05) is 13.1 Å². The minimum Gasteiger partial charge on any atom is -0.338 e. The van der Waals surface area contributed by atoms with Gasteiger partial charge in [0.05, 0.1) is 23.0 Å². The third-order valence-electron chi connectivity index (χ3n) is 4.56. The van der Waals surface area contributed by atoms with E-state index in [1.54, 1.807) is 6.20 Å². The molecular formula is C17H30N4O. The van der Waals surface area contributed by atoms with Crippen LogP contribution in [-0.2, 0) is 12.0 Å². The largest absolute Gasteiger partial charge is 0.338 e. The molecule has 1 aliphatic heterocycles. The van der Waals surface area contributed by atoms with E-state index in [1.165, 1.54) is 0 Å². The lowest BCUT2D eigenvalue weighted by atomic mass is 9.92. The van der Waals surface area contributed by atoms with Gasteiger partial charge in [0.1, 0.15) is 0 Å². The third kappa shape index (κ3) is 3.35. The summed E-state index contributed by atoms with van der Waals surface area (Å²) in [4.78, 5) is 14.9. The molecule has 2 N–H and O–H groups in total. The zero-order valence-corrected chi connectivity index (χ0v) is 14.6. The first-order valence-corrected chi connectivity index (χ1v) is 8.38. The van der Waals surface area contributed by atoms with Crippen LogP contribution >= 0.6 is 0 Å². The molecule has 0 aliphatic carbocycles. The van der Waals surface area contributed by atoms with Crippen molar-refractivity contribution in [2.45, 2.75) is 65.5 Å². The Hall–Kier alpha value is -1.36. The summed E-state index contributed by atoms with van der Waals surface area (Å²) < 4.78 is 1.98. The van der Waals surface area contributed by atoms with Crippen LogP contribution in [-0.4, -0.2) is 39.7 Å². The second-order valence-electron chi connectivity index (χ2n) is 7.45. The quantitative estimate of drug-likeness (QED) is 0.932. The Bertz CT molecular complexity index is 527. The van der Waals surface area contributed by atoms with Gasteiger partial charge in [-0.1, -0.05) is 6.92 Å². The normalized spacial score (nSPS) is 21.0. The molecule has 2 heterocycles. The number of rotatable bonds is 3. The summed E-state index contributed by atoms with van der Waals surface area (Å²) in [5.74, 6) is 0.512. The molecule has 0 saturated carbocycles. The molecule has 0 bridgehead atoms. The van der Waals surface area contributed by atoms with Gasteiger partial charge in [0.2, 0.25) is 0 Å². The number of likely N-dealkylation sites (tertiary alicyclic amines) is 1. The van der Waals surface area contributed by atoms with Gasteiger partial charge in [-0.3, -0.25) is 9.48 Å². The molecule has 1 aliphatic rings. The van der Waals surface area contributed by atoms with Crippen LogP contribution in [0, 0.1) is 5.92 Å². The van der Waals surface area contributed by atoms with E-state index in [9.17, 15) is 4.79 Å². The summed E-state index contributed by atoms with van der Waals surface area (Å²) in [7, 11) is 0. The number of hydrogen-bond acceptors (Lipinski definition) is 3. The first kappa shape index (κ1) is 17.0. The van der Waals surface area contributed by atoms with Crippen LogP contribution in [0.5, 0.6) is 0 Å². The molecule has 0 aromatic carbocycles. The third-order valence-corrected chi connectivity index (χ3v) is 4.56. The maximum absolute atomic E-state index is 12.9. The van der Waals surface area contributed by atoms with Gasteiger partial charge >= 0.3 is 0 Å². The Kier molecular flexibility index (Phi) is 4.95. The van der Waals surface area contributed by atoms with Gasteiger partial charge in [-0.25, -0.2) is 0 Å². The second-order valence-corrected chi connectivity index (χ2v) is 7.45. The molecular weight excluding hydrogens is 276 g/mol. The molecule has 1 saturated heterocycles. The lowest BCUT2D eigenvalue weighted by Crippen LogP contribution is -2.45. The highest BCUT2D eigenvalue weighted by molar-refractivity contribution is 5.95. The number of piperidine rings is 1. The topological polar surface area (TPSA) is 64.2 Å². The molecule has 0 unspecified atom stereocenters. The van der Waals surface area contributed by atoms with Crippen LogP contribution in [0.4, 0.5) is 0 Å². The van der Waals surface area contributed by atoms with Crippen molar-refractivity contribution >= 4 is 5.91 Å². The van der Waals surface area contributed by atoms with Crippen molar-refractivity contribution in [3.8, 4) is 0 Å². The predicted molar refractivity (Wildman–Crippen MR) is 88.9 cm³/mol. The molecule has 1 aromatic heterocycles. The van der Waals surface area contributed by atoms with Crippen LogP contribution < -0.4 is 5.73 Å². The van der Waals surface area contributed by atoms with Crippen molar-refractivity contribution in [2.24, 2.45) is 11.7 Å². The summed E-state index contributed by atoms with van der Waals surface area (Å²) in [6.45, 7) is 12.0. The van der Waals surface area contributed by atoms with E-state index in [1.807, 2.05) is 16.5 Å². The van der Waals surface area contributed by atoms with Crippen LogP contribution in [0.1, 0.15) is 63.5 Å². The monoisotopic (exact) mass is 306 g/mol. The van der Waals surface area contributed by atoms with E-state index in [0.29, 0.717) is 5.92 Å². The highest BCUT2D eigenvalue weighted by atomic mass is 16.2. The predicted octanol–water partition coefficient (Wildman–Crippen LogP) is 2.40. The fourth-order valence-electron chi connectivity index (χ4n) is 3.26. The maximum atomic E-state index is 12.9. The van der Waals surface area contributed by atoms with Gasteiger partial charge in [0, 0.05) is 19.1 Å². The van der Waals surface area contributed by atoms with E-state index in [0.717, 1.165) is 43.6 Å². The highest BCUT2D eigenvalue weighted by Gasteiger charge is 2.30. The molecule has 5 nitrogen and oxygen atoms in total. The minimum absolute atomic E-state index is 0.109. The van der Waals surface area contributed by atoms with Crippen molar-refractivity contribution in [1.29, 1.82) is 0 Å². The van der Waals surface area contributed by atoms with E-state index in [2.05, 4.69) is 32.8 Å². The SMILES string of the molecule is CCc1c(C(=O)N2CCC[C@@H]([C@H](C)N)C2)cnn1C(C)(C)C. The molecule has 1 amide bonds. The van der Waals surface area contributed by atoms with Crippen molar-refractivity contribution < 1.29 is 4.79 Å². The van der Waals surface area contributed by atoms with E-state index >= 15 is 0 Å². The molecule has 5 heteroatoms. The lowest BCUT2D eigenvalue weighted by Gasteiger charge is -2.34.